The lowest BCUT2D eigenvalue weighted by Gasteiger charge is -2.22. The molecule has 106 valence electrons. The fourth-order valence-electron chi connectivity index (χ4n) is 2.73. The maximum Gasteiger partial charge on any atom is 0.135 e. The van der Waals surface area contributed by atoms with Crippen molar-refractivity contribution < 1.29 is 0 Å². The number of aryl methyl sites for hydroxylation is 1. The average molecular weight is 270 g/mol. The van der Waals surface area contributed by atoms with Crippen molar-refractivity contribution in [3.63, 3.8) is 0 Å². The zero-order valence-corrected chi connectivity index (χ0v) is 12.2. The smallest absolute Gasteiger partial charge is 0.135 e. The third-order valence-corrected chi connectivity index (χ3v) is 3.98. The minimum absolute atomic E-state index is 0.657. The first-order chi connectivity index (χ1) is 9.72. The summed E-state index contributed by atoms with van der Waals surface area (Å²) in [6.07, 6.45) is 3.43. The fourth-order valence-corrected chi connectivity index (χ4v) is 2.73. The van der Waals surface area contributed by atoms with Gasteiger partial charge in [0.05, 0.1) is 11.4 Å². The summed E-state index contributed by atoms with van der Waals surface area (Å²) in [7, 11) is 2.17. The van der Waals surface area contributed by atoms with Crippen LogP contribution in [0.1, 0.15) is 24.1 Å². The Balaban J connectivity index is 2.11. The van der Waals surface area contributed by atoms with Crippen LogP contribution < -0.4 is 10.6 Å². The summed E-state index contributed by atoms with van der Waals surface area (Å²) in [5, 5.41) is 4.75. The van der Waals surface area contributed by atoms with Gasteiger partial charge in [-0.1, -0.05) is 18.2 Å². The second-order valence-corrected chi connectivity index (χ2v) is 5.52. The van der Waals surface area contributed by atoms with Gasteiger partial charge in [0.15, 0.2) is 0 Å². The van der Waals surface area contributed by atoms with Gasteiger partial charge in [0.1, 0.15) is 5.82 Å². The number of nitrogens with two attached hydrogens (primary N) is 1. The van der Waals surface area contributed by atoms with Crippen LogP contribution in [0.4, 0.5) is 5.82 Å². The van der Waals surface area contributed by atoms with Gasteiger partial charge in [0.2, 0.25) is 0 Å². The van der Waals surface area contributed by atoms with Crippen LogP contribution in [0.3, 0.4) is 0 Å². The number of para-hydroxylation sites is 1. The molecular formula is C16H22N4. The number of rotatable bonds is 5. The Morgan fingerprint density at radius 2 is 2.00 bits per heavy atom. The van der Waals surface area contributed by atoms with E-state index in [1.807, 2.05) is 6.07 Å². The number of benzene rings is 1. The molecule has 1 aromatic heterocycles. The molecule has 0 aliphatic heterocycles. The SMILES string of the molecule is Cc1nn(-c2ccccc2)c(N(C)C2CC2)c1CCN. The van der Waals surface area contributed by atoms with Crippen LogP contribution in [-0.4, -0.2) is 29.4 Å². The van der Waals surface area contributed by atoms with E-state index in [4.69, 9.17) is 10.8 Å². The summed E-state index contributed by atoms with van der Waals surface area (Å²) in [5.74, 6) is 1.21. The van der Waals surface area contributed by atoms with Crippen molar-refractivity contribution in [2.45, 2.75) is 32.2 Å². The Morgan fingerprint density at radius 1 is 1.30 bits per heavy atom. The van der Waals surface area contributed by atoms with Crippen molar-refractivity contribution >= 4 is 5.82 Å². The minimum atomic E-state index is 0.657. The Hall–Kier alpha value is -1.81. The minimum Gasteiger partial charge on any atom is -0.356 e. The molecule has 4 heteroatoms. The maximum absolute atomic E-state index is 5.78. The molecule has 2 N–H and O–H groups in total. The first-order valence-electron chi connectivity index (χ1n) is 7.29. The first kappa shape index (κ1) is 13.2. The van der Waals surface area contributed by atoms with E-state index in [1.165, 1.54) is 24.2 Å². The van der Waals surface area contributed by atoms with Gasteiger partial charge in [0.25, 0.3) is 0 Å². The van der Waals surface area contributed by atoms with E-state index in [-0.39, 0.29) is 0 Å². The van der Waals surface area contributed by atoms with Gasteiger partial charge in [-0.3, -0.25) is 0 Å². The Bertz CT molecular complexity index is 584. The van der Waals surface area contributed by atoms with E-state index in [1.54, 1.807) is 0 Å². The molecule has 1 aliphatic carbocycles. The lowest BCUT2D eigenvalue weighted by atomic mass is 10.1. The molecule has 20 heavy (non-hydrogen) atoms. The van der Waals surface area contributed by atoms with Gasteiger partial charge in [-0.15, -0.1) is 0 Å². The Kier molecular flexibility index (Phi) is 3.49. The number of hydrogen-bond donors (Lipinski definition) is 1. The highest BCUT2D eigenvalue weighted by molar-refractivity contribution is 5.56. The summed E-state index contributed by atoms with van der Waals surface area (Å²) in [6.45, 7) is 2.74. The molecule has 2 aromatic rings. The summed E-state index contributed by atoms with van der Waals surface area (Å²) >= 11 is 0. The first-order valence-corrected chi connectivity index (χ1v) is 7.29. The molecule has 1 aromatic carbocycles. The third-order valence-electron chi connectivity index (χ3n) is 3.98. The quantitative estimate of drug-likeness (QED) is 0.906. The van der Waals surface area contributed by atoms with Crippen LogP contribution in [0, 0.1) is 6.92 Å². The number of hydrogen-bond acceptors (Lipinski definition) is 3. The molecule has 1 heterocycles. The van der Waals surface area contributed by atoms with Crippen LogP contribution in [0.5, 0.6) is 0 Å². The van der Waals surface area contributed by atoms with Crippen molar-refractivity contribution in [3.05, 3.63) is 41.6 Å². The molecule has 3 rings (SSSR count). The highest BCUT2D eigenvalue weighted by Gasteiger charge is 2.31. The molecule has 0 spiro atoms. The van der Waals surface area contributed by atoms with Crippen LogP contribution in [0.25, 0.3) is 5.69 Å². The second kappa shape index (κ2) is 5.29. The van der Waals surface area contributed by atoms with Crippen molar-refractivity contribution in [2.75, 3.05) is 18.5 Å². The van der Waals surface area contributed by atoms with Crippen LogP contribution in [0.2, 0.25) is 0 Å². The van der Waals surface area contributed by atoms with Crippen molar-refractivity contribution in [2.24, 2.45) is 5.73 Å². The van der Waals surface area contributed by atoms with Crippen molar-refractivity contribution in [3.8, 4) is 5.69 Å². The predicted molar refractivity (Wildman–Crippen MR) is 82.5 cm³/mol. The second-order valence-electron chi connectivity index (χ2n) is 5.52. The van der Waals surface area contributed by atoms with Crippen molar-refractivity contribution in [1.82, 2.24) is 9.78 Å². The van der Waals surface area contributed by atoms with Crippen LogP contribution >= 0.6 is 0 Å². The largest absolute Gasteiger partial charge is 0.356 e. The zero-order valence-electron chi connectivity index (χ0n) is 12.2. The summed E-state index contributed by atoms with van der Waals surface area (Å²) in [5.41, 5.74) is 9.26. The van der Waals surface area contributed by atoms with Crippen molar-refractivity contribution in [1.29, 1.82) is 0 Å². The van der Waals surface area contributed by atoms with E-state index >= 15 is 0 Å². The number of nitrogens with zero attached hydrogens (tertiary/aromatic N) is 3. The molecular weight excluding hydrogens is 248 g/mol. The topological polar surface area (TPSA) is 47.1 Å². The molecule has 0 atom stereocenters. The fraction of sp³-hybridized carbons (Fsp3) is 0.438. The molecule has 0 radical (unpaired) electrons. The van der Waals surface area contributed by atoms with E-state index in [0.717, 1.165) is 17.8 Å². The molecule has 4 nitrogen and oxygen atoms in total. The van der Waals surface area contributed by atoms with Crippen LogP contribution in [0.15, 0.2) is 30.3 Å². The van der Waals surface area contributed by atoms with Gasteiger partial charge >= 0.3 is 0 Å². The Labute approximate surface area is 120 Å². The van der Waals surface area contributed by atoms with E-state index in [9.17, 15) is 0 Å². The summed E-state index contributed by atoms with van der Waals surface area (Å²) < 4.78 is 2.07. The van der Waals surface area contributed by atoms with E-state index in [2.05, 4.69) is 47.8 Å². The Morgan fingerprint density at radius 3 is 2.60 bits per heavy atom. The lowest BCUT2D eigenvalue weighted by Crippen LogP contribution is -2.24. The van der Waals surface area contributed by atoms with Gasteiger partial charge in [-0.25, -0.2) is 4.68 Å². The summed E-state index contributed by atoms with van der Waals surface area (Å²) in [6, 6.07) is 11.0. The molecule has 0 saturated heterocycles. The monoisotopic (exact) mass is 270 g/mol. The zero-order chi connectivity index (χ0) is 14.1. The van der Waals surface area contributed by atoms with Crippen LogP contribution in [-0.2, 0) is 6.42 Å². The third kappa shape index (κ3) is 2.31. The van der Waals surface area contributed by atoms with E-state index in [0.29, 0.717) is 12.6 Å². The highest BCUT2D eigenvalue weighted by atomic mass is 15.4. The molecule has 0 amide bonds. The van der Waals surface area contributed by atoms with E-state index < -0.39 is 0 Å². The average Bonchev–Trinajstić information content (AvgIpc) is 3.26. The van der Waals surface area contributed by atoms with Gasteiger partial charge in [-0.2, -0.15) is 5.10 Å². The molecule has 1 saturated carbocycles. The lowest BCUT2D eigenvalue weighted by molar-refractivity contribution is 0.798. The van der Waals surface area contributed by atoms with Gasteiger partial charge < -0.3 is 10.6 Å². The molecule has 1 fully saturated rings. The molecule has 0 bridgehead atoms. The number of aromatic nitrogens is 2. The summed E-state index contributed by atoms with van der Waals surface area (Å²) in [4.78, 5) is 2.37. The van der Waals surface area contributed by atoms with Gasteiger partial charge in [-0.05, 0) is 44.9 Å². The normalized spacial score (nSPS) is 14.6. The maximum atomic E-state index is 5.78. The van der Waals surface area contributed by atoms with Gasteiger partial charge in [0, 0.05) is 18.7 Å². The highest BCUT2D eigenvalue weighted by Crippen LogP contribution is 2.35. The molecule has 0 unspecified atom stereocenters. The standard InChI is InChI=1S/C16H22N4/c1-12-15(10-11-17)16(19(2)13-8-9-13)20(18-12)14-6-4-3-5-7-14/h3-7,13H,8-11,17H2,1-2H3. The number of anilines is 1. The molecule has 1 aliphatic rings. The predicted octanol–water partition coefficient (Wildman–Crippen LogP) is 2.28.